The lowest BCUT2D eigenvalue weighted by atomic mass is 10.3. The second-order valence-corrected chi connectivity index (χ2v) is 9.61. The van der Waals surface area contributed by atoms with Crippen LogP contribution in [0.2, 0.25) is 15.1 Å². The Kier molecular flexibility index (Phi) is 8.33. The fourth-order valence-corrected chi connectivity index (χ4v) is 4.62. The third-order valence-corrected chi connectivity index (χ3v) is 6.21. The second kappa shape index (κ2) is 10.1. The van der Waals surface area contributed by atoms with Crippen molar-refractivity contribution in [3.05, 3.63) is 55.9 Å². The number of benzene rings is 2. The van der Waals surface area contributed by atoms with Crippen LogP contribution in [0.1, 0.15) is 6.92 Å². The zero-order chi connectivity index (χ0) is 21.8. The van der Waals surface area contributed by atoms with Gasteiger partial charge in [0.25, 0.3) is 5.91 Å². The number of sulfonamides is 1. The zero-order valence-electron chi connectivity index (χ0n) is 14.7. The maximum atomic E-state index is 12.3. The molecule has 2 N–H and O–H groups in total. The van der Waals surface area contributed by atoms with Gasteiger partial charge in [0.2, 0.25) is 10.0 Å². The molecule has 156 valence electrons. The molecular weight excluding hydrogens is 531 g/mol. The lowest BCUT2D eigenvalue weighted by Crippen LogP contribution is -2.35. The summed E-state index contributed by atoms with van der Waals surface area (Å²) in [6, 6.07) is 8.61. The van der Waals surface area contributed by atoms with Gasteiger partial charge in [0.1, 0.15) is 11.4 Å². The van der Waals surface area contributed by atoms with E-state index in [1.807, 2.05) is 0 Å². The number of halogens is 4. The molecule has 0 saturated heterocycles. The summed E-state index contributed by atoms with van der Waals surface area (Å²) < 4.78 is 32.2. The van der Waals surface area contributed by atoms with Crippen LogP contribution in [-0.4, -0.2) is 32.9 Å². The smallest absolute Gasteiger partial charge is 0.321 e. The molecule has 29 heavy (non-hydrogen) atoms. The molecule has 0 bridgehead atoms. The van der Waals surface area contributed by atoms with E-state index in [-0.39, 0.29) is 9.92 Å². The number of hydrogen-bond acceptors (Lipinski definition) is 5. The summed E-state index contributed by atoms with van der Waals surface area (Å²) in [5, 5.41) is 3.11. The Morgan fingerprint density at radius 3 is 2.31 bits per heavy atom. The maximum Gasteiger partial charge on any atom is 0.321 e. The second-order valence-electron chi connectivity index (χ2n) is 5.68. The van der Waals surface area contributed by atoms with Gasteiger partial charge in [-0.1, -0.05) is 50.7 Å². The molecule has 0 aliphatic heterocycles. The van der Waals surface area contributed by atoms with Crippen molar-refractivity contribution in [1.82, 2.24) is 4.72 Å². The van der Waals surface area contributed by atoms with Crippen LogP contribution in [-0.2, 0) is 24.3 Å². The highest BCUT2D eigenvalue weighted by atomic mass is 79.9. The summed E-state index contributed by atoms with van der Waals surface area (Å²) >= 11 is 20.8. The summed E-state index contributed by atoms with van der Waals surface area (Å²) in [7, 11) is -4.05. The van der Waals surface area contributed by atoms with E-state index >= 15 is 0 Å². The summed E-state index contributed by atoms with van der Waals surface area (Å²) in [6.07, 6.45) is -1.19. The lowest BCUT2D eigenvalue weighted by molar-refractivity contribution is -0.151. The molecule has 2 aromatic rings. The molecule has 0 aliphatic carbocycles. The van der Waals surface area contributed by atoms with Crippen LogP contribution in [0, 0.1) is 0 Å². The largest absolute Gasteiger partial charge is 0.452 e. The van der Waals surface area contributed by atoms with Crippen molar-refractivity contribution in [3.63, 3.8) is 0 Å². The van der Waals surface area contributed by atoms with Crippen molar-refractivity contribution < 1.29 is 22.7 Å². The molecule has 0 aliphatic rings. The van der Waals surface area contributed by atoms with E-state index in [2.05, 4.69) is 26.0 Å². The Hall–Kier alpha value is -1.36. The van der Waals surface area contributed by atoms with Gasteiger partial charge in [-0.3, -0.25) is 9.59 Å². The molecule has 7 nitrogen and oxygen atoms in total. The SMILES string of the molecule is CC(OC(=O)CNS(=O)(=O)c1ccc(Br)cc1Cl)C(=O)Nc1cc(Cl)cc(Cl)c1. The van der Waals surface area contributed by atoms with Crippen molar-refractivity contribution >= 4 is 78.3 Å². The fourth-order valence-electron chi connectivity index (χ4n) is 2.09. The van der Waals surface area contributed by atoms with Crippen LogP contribution in [0.3, 0.4) is 0 Å². The number of anilines is 1. The number of hydrogen-bond donors (Lipinski definition) is 2. The van der Waals surface area contributed by atoms with Gasteiger partial charge in [0.05, 0.1) is 5.02 Å². The van der Waals surface area contributed by atoms with Crippen molar-refractivity contribution in [3.8, 4) is 0 Å². The highest BCUT2D eigenvalue weighted by Gasteiger charge is 2.22. The number of ether oxygens (including phenoxy) is 1. The summed E-state index contributed by atoms with van der Waals surface area (Å²) in [5.74, 6) is -1.59. The molecule has 0 aromatic heterocycles. The van der Waals surface area contributed by atoms with Gasteiger partial charge >= 0.3 is 5.97 Å². The first-order valence-electron chi connectivity index (χ1n) is 7.89. The minimum absolute atomic E-state index is 0.0202. The molecule has 1 amide bonds. The monoisotopic (exact) mass is 542 g/mol. The Bertz CT molecular complexity index is 1030. The number of rotatable bonds is 7. The van der Waals surface area contributed by atoms with Crippen molar-refractivity contribution in [2.75, 3.05) is 11.9 Å². The molecule has 2 rings (SSSR count). The Morgan fingerprint density at radius 2 is 1.72 bits per heavy atom. The normalized spacial score (nSPS) is 12.3. The van der Waals surface area contributed by atoms with Crippen LogP contribution in [0.15, 0.2) is 45.8 Å². The number of carbonyl (C=O) groups is 2. The Balaban J connectivity index is 1.93. The summed E-state index contributed by atoms with van der Waals surface area (Å²) in [5.41, 5.74) is 0.320. The van der Waals surface area contributed by atoms with Crippen LogP contribution in [0.4, 0.5) is 5.69 Å². The first-order valence-corrected chi connectivity index (χ1v) is 11.3. The molecule has 0 radical (unpaired) electrons. The molecule has 1 atom stereocenters. The molecule has 0 fully saturated rings. The number of carbonyl (C=O) groups excluding carboxylic acids is 2. The van der Waals surface area contributed by atoms with Gasteiger partial charge in [-0.15, -0.1) is 0 Å². The molecular formula is C17H14BrCl3N2O5S. The fraction of sp³-hybridized carbons (Fsp3) is 0.176. The average Bonchev–Trinajstić information content (AvgIpc) is 2.58. The molecule has 2 aromatic carbocycles. The standard InChI is InChI=1S/C17H14BrCl3N2O5S/c1-9(17(25)23-13-6-11(19)5-12(20)7-13)28-16(24)8-22-29(26,27)15-3-2-10(18)4-14(15)21/h2-7,9,22H,8H2,1H3,(H,23,25). The lowest BCUT2D eigenvalue weighted by Gasteiger charge is -2.14. The van der Waals surface area contributed by atoms with E-state index in [4.69, 9.17) is 39.5 Å². The minimum Gasteiger partial charge on any atom is -0.452 e. The van der Waals surface area contributed by atoms with Gasteiger partial charge in [0.15, 0.2) is 6.10 Å². The third-order valence-electron chi connectivity index (χ3n) is 3.40. The van der Waals surface area contributed by atoms with E-state index in [1.54, 1.807) is 0 Å². The van der Waals surface area contributed by atoms with Gasteiger partial charge in [-0.25, -0.2) is 8.42 Å². The average molecular weight is 545 g/mol. The molecule has 0 heterocycles. The van der Waals surface area contributed by atoms with E-state index in [1.165, 1.54) is 43.3 Å². The van der Waals surface area contributed by atoms with Crippen molar-refractivity contribution in [2.24, 2.45) is 0 Å². The van der Waals surface area contributed by atoms with E-state index in [9.17, 15) is 18.0 Å². The van der Waals surface area contributed by atoms with Crippen molar-refractivity contribution in [1.29, 1.82) is 0 Å². The van der Waals surface area contributed by atoms with Gasteiger partial charge in [-0.05, 0) is 43.3 Å². The molecule has 1 unspecified atom stereocenters. The topological polar surface area (TPSA) is 102 Å². The number of esters is 1. The first kappa shape index (κ1) is 23.9. The van der Waals surface area contributed by atoms with Crippen molar-refractivity contribution in [2.45, 2.75) is 17.9 Å². The van der Waals surface area contributed by atoms with E-state index in [0.29, 0.717) is 20.2 Å². The van der Waals surface area contributed by atoms with E-state index < -0.39 is 34.5 Å². The maximum absolute atomic E-state index is 12.3. The molecule has 12 heteroatoms. The summed E-state index contributed by atoms with van der Waals surface area (Å²) in [4.78, 5) is 23.9. The van der Waals surface area contributed by atoms with Crippen LogP contribution in [0.25, 0.3) is 0 Å². The van der Waals surface area contributed by atoms with Gasteiger partial charge in [0, 0.05) is 20.2 Å². The van der Waals surface area contributed by atoms with E-state index in [0.717, 1.165) is 0 Å². The zero-order valence-corrected chi connectivity index (χ0v) is 19.4. The Labute approximate surface area is 190 Å². The summed E-state index contributed by atoms with van der Waals surface area (Å²) in [6.45, 7) is 0.648. The minimum atomic E-state index is -4.05. The van der Waals surface area contributed by atoms with Crippen LogP contribution >= 0.6 is 50.7 Å². The predicted octanol–water partition coefficient (Wildman–Crippen LogP) is 4.26. The predicted molar refractivity (Wildman–Crippen MR) is 115 cm³/mol. The van der Waals surface area contributed by atoms with Crippen LogP contribution < -0.4 is 10.0 Å². The molecule has 0 saturated carbocycles. The molecule has 0 spiro atoms. The highest BCUT2D eigenvalue weighted by Crippen LogP contribution is 2.25. The Morgan fingerprint density at radius 1 is 1.10 bits per heavy atom. The van der Waals surface area contributed by atoms with Crippen LogP contribution in [0.5, 0.6) is 0 Å². The quantitative estimate of drug-likeness (QED) is 0.508. The first-order chi connectivity index (χ1) is 13.5. The third kappa shape index (κ3) is 7.13. The van der Waals surface area contributed by atoms with Gasteiger partial charge < -0.3 is 10.1 Å². The number of nitrogens with one attached hydrogen (secondary N) is 2. The highest BCUT2D eigenvalue weighted by molar-refractivity contribution is 9.10. The van der Waals surface area contributed by atoms with Gasteiger partial charge in [-0.2, -0.15) is 4.72 Å². The number of amides is 1.